The van der Waals surface area contributed by atoms with Crippen LogP contribution in [0.5, 0.6) is 0 Å². The first kappa shape index (κ1) is 15.3. The van der Waals surface area contributed by atoms with E-state index in [1.54, 1.807) is 0 Å². The third-order valence-corrected chi connectivity index (χ3v) is 5.58. The van der Waals surface area contributed by atoms with Gasteiger partial charge in [-0.1, -0.05) is 35.3 Å². The fourth-order valence-electron chi connectivity index (χ4n) is 3.61. The van der Waals surface area contributed by atoms with E-state index in [1.165, 1.54) is 18.5 Å². The molecule has 1 aliphatic heterocycles. The molecular weight excluding hydrogens is 353 g/mol. The molecule has 0 saturated heterocycles. The summed E-state index contributed by atoms with van der Waals surface area (Å²) in [4.78, 5) is 9.37. The second-order valence-electron chi connectivity index (χ2n) is 6.84. The molecule has 0 spiro atoms. The van der Waals surface area contributed by atoms with Crippen LogP contribution in [0, 0.1) is 5.92 Å². The molecule has 0 unspecified atom stereocenters. The Morgan fingerprint density at radius 3 is 2.68 bits per heavy atom. The number of hydrogen-bond donors (Lipinski definition) is 0. The summed E-state index contributed by atoms with van der Waals surface area (Å²) in [5, 5.41) is 2.55. The number of benzene rings is 2. The molecule has 126 valence electrons. The first-order valence-electron chi connectivity index (χ1n) is 8.56. The van der Waals surface area contributed by atoms with Crippen molar-refractivity contribution in [1.82, 2.24) is 4.98 Å². The number of pyridine rings is 1. The highest BCUT2D eigenvalue weighted by Crippen LogP contribution is 2.47. The van der Waals surface area contributed by atoms with Crippen LogP contribution in [0.3, 0.4) is 0 Å². The lowest BCUT2D eigenvalue weighted by molar-refractivity contribution is 0.745. The maximum atomic E-state index is 6.52. The second-order valence-corrected chi connectivity index (χ2v) is 7.68. The van der Waals surface area contributed by atoms with Crippen molar-refractivity contribution in [1.29, 1.82) is 0 Å². The summed E-state index contributed by atoms with van der Waals surface area (Å²) in [6, 6.07) is 13.9. The van der Waals surface area contributed by atoms with Crippen LogP contribution >= 0.6 is 23.2 Å². The van der Waals surface area contributed by atoms with Crippen LogP contribution in [0.1, 0.15) is 12.8 Å². The predicted molar refractivity (Wildman–Crippen MR) is 105 cm³/mol. The molecule has 5 heteroatoms. The van der Waals surface area contributed by atoms with Crippen LogP contribution in [-0.4, -0.2) is 18.2 Å². The lowest BCUT2D eigenvalue weighted by atomic mass is 10.1. The van der Waals surface area contributed by atoms with Gasteiger partial charge in [-0.3, -0.25) is 4.98 Å². The van der Waals surface area contributed by atoms with Gasteiger partial charge in [-0.05, 0) is 49.1 Å². The molecule has 0 N–H and O–H groups in total. The van der Waals surface area contributed by atoms with E-state index in [2.05, 4.69) is 20.9 Å². The number of rotatable bonds is 3. The third kappa shape index (κ3) is 2.62. The molecule has 1 aromatic heterocycles. The molecule has 1 aliphatic carbocycles. The Kier molecular flexibility index (Phi) is 3.54. The lowest BCUT2D eigenvalue weighted by Crippen LogP contribution is -2.29. The highest BCUT2D eigenvalue weighted by Gasteiger charge is 2.34. The van der Waals surface area contributed by atoms with Crippen molar-refractivity contribution in [3.05, 3.63) is 58.7 Å². The average Bonchev–Trinajstić information content (AvgIpc) is 3.35. The normalized spacial score (nSPS) is 16.6. The fourth-order valence-corrected chi connectivity index (χ4v) is 4.02. The Bertz CT molecular complexity index is 968. The van der Waals surface area contributed by atoms with Crippen molar-refractivity contribution in [2.75, 3.05) is 23.0 Å². The van der Waals surface area contributed by atoms with E-state index in [1.807, 2.05) is 42.6 Å². The SMILES string of the molecule is Clc1ccc2ncc3c(c2c1)N(c1ccccc1Cl)CN3CC1CC1. The van der Waals surface area contributed by atoms with Gasteiger partial charge in [-0.15, -0.1) is 0 Å². The summed E-state index contributed by atoms with van der Waals surface area (Å²) in [5.41, 5.74) is 4.30. The maximum absolute atomic E-state index is 6.52. The molecule has 0 amide bonds. The maximum Gasteiger partial charge on any atom is 0.0954 e. The van der Waals surface area contributed by atoms with Crippen LogP contribution in [0.25, 0.3) is 10.9 Å². The van der Waals surface area contributed by atoms with Crippen LogP contribution in [0.2, 0.25) is 10.0 Å². The molecule has 0 atom stereocenters. The first-order valence-corrected chi connectivity index (χ1v) is 9.31. The third-order valence-electron chi connectivity index (χ3n) is 5.02. The Balaban J connectivity index is 1.72. The summed E-state index contributed by atoms with van der Waals surface area (Å²) >= 11 is 12.8. The largest absolute Gasteiger partial charge is 0.350 e. The van der Waals surface area contributed by atoms with E-state index in [9.17, 15) is 0 Å². The van der Waals surface area contributed by atoms with Crippen LogP contribution < -0.4 is 9.80 Å². The molecule has 3 aromatic rings. The number of fused-ring (bicyclic) bond motifs is 3. The van der Waals surface area contributed by atoms with E-state index >= 15 is 0 Å². The molecule has 0 bridgehead atoms. The van der Waals surface area contributed by atoms with Crippen LogP contribution in [0.15, 0.2) is 48.7 Å². The molecule has 25 heavy (non-hydrogen) atoms. The zero-order valence-electron chi connectivity index (χ0n) is 13.6. The van der Waals surface area contributed by atoms with Gasteiger partial charge in [0.15, 0.2) is 0 Å². The minimum absolute atomic E-state index is 0.724. The average molecular weight is 370 g/mol. The number of nitrogens with zero attached hydrogens (tertiary/aromatic N) is 3. The van der Waals surface area contributed by atoms with Crippen molar-refractivity contribution in [2.24, 2.45) is 5.92 Å². The van der Waals surface area contributed by atoms with E-state index < -0.39 is 0 Å². The first-order chi connectivity index (χ1) is 12.2. The molecule has 1 saturated carbocycles. The molecule has 5 rings (SSSR count). The van der Waals surface area contributed by atoms with Crippen LogP contribution in [0.4, 0.5) is 17.1 Å². The van der Waals surface area contributed by atoms with Gasteiger partial charge in [-0.25, -0.2) is 0 Å². The van der Waals surface area contributed by atoms with Crippen molar-refractivity contribution < 1.29 is 0 Å². The Hall–Kier alpha value is -1.97. The van der Waals surface area contributed by atoms with Gasteiger partial charge < -0.3 is 9.80 Å². The zero-order chi connectivity index (χ0) is 17.0. The molecule has 2 heterocycles. The fraction of sp³-hybridized carbons (Fsp3) is 0.250. The molecule has 1 fully saturated rings. The summed E-state index contributed by atoms with van der Waals surface area (Å²) < 4.78 is 0. The van der Waals surface area contributed by atoms with E-state index in [4.69, 9.17) is 23.2 Å². The molecule has 2 aromatic carbocycles. The molecule has 3 nitrogen and oxygen atoms in total. The van der Waals surface area contributed by atoms with Gasteiger partial charge in [0.25, 0.3) is 0 Å². The minimum Gasteiger partial charge on any atom is -0.350 e. The monoisotopic (exact) mass is 369 g/mol. The standard InChI is InChI=1S/C20H17Cl2N3/c21-14-7-8-17-15(9-14)20-19(10-23-17)24(11-13-5-6-13)12-25(20)18-4-2-1-3-16(18)22/h1-4,7-10,13H,5-6,11-12H2. The number of aromatic nitrogens is 1. The molecule has 2 aliphatic rings. The lowest BCUT2D eigenvalue weighted by Gasteiger charge is -2.23. The minimum atomic E-state index is 0.724. The van der Waals surface area contributed by atoms with Gasteiger partial charge in [0.2, 0.25) is 0 Å². The number of para-hydroxylation sites is 1. The van der Waals surface area contributed by atoms with Crippen molar-refractivity contribution in [3.63, 3.8) is 0 Å². The zero-order valence-corrected chi connectivity index (χ0v) is 15.1. The topological polar surface area (TPSA) is 19.4 Å². The number of halogens is 2. The Morgan fingerprint density at radius 2 is 1.88 bits per heavy atom. The van der Waals surface area contributed by atoms with E-state index in [0.29, 0.717) is 0 Å². The summed E-state index contributed by atoms with van der Waals surface area (Å²) in [7, 11) is 0. The van der Waals surface area contributed by atoms with Gasteiger partial charge >= 0.3 is 0 Å². The molecular formula is C20H17Cl2N3. The van der Waals surface area contributed by atoms with Crippen molar-refractivity contribution >= 4 is 51.2 Å². The van der Waals surface area contributed by atoms with Crippen molar-refractivity contribution in [2.45, 2.75) is 12.8 Å². The highest BCUT2D eigenvalue weighted by atomic mass is 35.5. The van der Waals surface area contributed by atoms with Gasteiger partial charge in [-0.2, -0.15) is 0 Å². The van der Waals surface area contributed by atoms with E-state index in [-0.39, 0.29) is 0 Å². The highest BCUT2D eigenvalue weighted by molar-refractivity contribution is 6.34. The molecule has 0 radical (unpaired) electrons. The van der Waals surface area contributed by atoms with Gasteiger partial charge in [0.05, 0.1) is 40.5 Å². The predicted octanol–water partition coefficient (Wildman–Crippen LogP) is 5.87. The van der Waals surface area contributed by atoms with Gasteiger partial charge in [0.1, 0.15) is 0 Å². The van der Waals surface area contributed by atoms with Crippen molar-refractivity contribution in [3.8, 4) is 0 Å². The summed E-state index contributed by atoms with van der Waals surface area (Å²) in [5.74, 6) is 0.800. The summed E-state index contributed by atoms with van der Waals surface area (Å²) in [6.45, 7) is 1.87. The quantitative estimate of drug-likeness (QED) is 0.575. The Morgan fingerprint density at radius 1 is 1.04 bits per heavy atom. The smallest absolute Gasteiger partial charge is 0.0954 e. The number of hydrogen-bond acceptors (Lipinski definition) is 3. The summed E-state index contributed by atoms with van der Waals surface area (Å²) in [6.07, 6.45) is 4.64. The van der Waals surface area contributed by atoms with E-state index in [0.717, 1.165) is 51.5 Å². The van der Waals surface area contributed by atoms with Crippen LogP contribution in [-0.2, 0) is 0 Å². The second kappa shape index (κ2) is 5.79. The van der Waals surface area contributed by atoms with Gasteiger partial charge in [0, 0.05) is 17.0 Å². The Labute approximate surface area is 156 Å². The number of anilines is 3.